The van der Waals surface area contributed by atoms with Gasteiger partial charge in [0.15, 0.2) is 0 Å². The number of sulfonamides is 1. The summed E-state index contributed by atoms with van der Waals surface area (Å²) in [6, 6.07) is 16.2. The predicted molar refractivity (Wildman–Crippen MR) is 107 cm³/mol. The van der Waals surface area contributed by atoms with Crippen molar-refractivity contribution in [2.24, 2.45) is 4.99 Å². The van der Waals surface area contributed by atoms with Crippen LogP contribution in [0, 0.1) is 6.92 Å². The number of guanidine groups is 1. The third-order valence-electron chi connectivity index (χ3n) is 4.36. The highest BCUT2D eigenvalue weighted by Gasteiger charge is 2.34. The zero-order chi connectivity index (χ0) is 19.7. The topological polar surface area (TPSA) is 94.9 Å². The molecule has 0 atom stereocenters. The summed E-state index contributed by atoms with van der Waals surface area (Å²) < 4.78 is 27.9. The lowest BCUT2D eigenvalue weighted by Crippen LogP contribution is -2.46. The van der Waals surface area contributed by atoms with Gasteiger partial charge in [0.2, 0.25) is 5.96 Å². The number of rotatable bonds is 3. The minimum atomic E-state index is -3.83. The van der Waals surface area contributed by atoms with Gasteiger partial charge in [-0.05, 0) is 36.2 Å². The molecule has 0 saturated heterocycles. The van der Waals surface area contributed by atoms with Crippen molar-refractivity contribution in [1.82, 2.24) is 9.71 Å². The number of benzene rings is 2. The predicted octanol–water partition coefficient (Wildman–Crippen LogP) is 3.08. The van der Waals surface area contributed by atoms with Gasteiger partial charge < -0.3 is 5.11 Å². The van der Waals surface area contributed by atoms with E-state index in [1.54, 1.807) is 29.2 Å². The van der Waals surface area contributed by atoms with Crippen LogP contribution in [0.1, 0.15) is 11.1 Å². The Kier molecular flexibility index (Phi) is 4.48. The van der Waals surface area contributed by atoms with Crippen molar-refractivity contribution in [1.29, 1.82) is 0 Å². The van der Waals surface area contributed by atoms with Crippen LogP contribution >= 0.6 is 0 Å². The summed E-state index contributed by atoms with van der Waals surface area (Å²) in [5, 5.41) is 10.5. The number of aryl methyl sites for hydroxylation is 1. The summed E-state index contributed by atoms with van der Waals surface area (Å²) in [5.74, 6) is 0.130. The molecule has 4 rings (SSSR count). The second-order valence-electron chi connectivity index (χ2n) is 6.40. The summed E-state index contributed by atoms with van der Waals surface area (Å²) in [6.07, 6.45) is 2.79. The third-order valence-corrected chi connectivity index (χ3v) is 5.70. The van der Waals surface area contributed by atoms with Crippen LogP contribution in [0.25, 0.3) is 0 Å². The van der Waals surface area contributed by atoms with Crippen molar-refractivity contribution >= 4 is 27.4 Å². The van der Waals surface area contributed by atoms with Crippen molar-refractivity contribution in [3.63, 3.8) is 0 Å². The molecule has 1 aliphatic rings. The molecule has 0 saturated carbocycles. The Balaban J connectivity index is 1.89. The number of fused-ring (bicyclic) bond motifs is 1. The van der Waals surface area contributed by atoms with E-state index in [0.29, 0.717) is 11.4 Å². The van der Waals surface area contributed by atoms with Gasteiger partial charge in [-0.15, -0.1) is 0 Å². The number of pyridine rings is 1. The number of hydrogen-bond donors (Lipinski definition) is 2. The van der Waals surface area contributed by atoms with Gasteiger partial charge in [-0.3, -0.25) is 9.88 Å². The lowest BCUT2D eigenvalue weighted by Gasteiger charge is -2.32. The van der Waals surface area contributed by atoms with Crippen LogP contribution in [-0.2, 0) is 16.6 Å². The molecular weight excluding hydrogens is 376 g/mol. The summed E-state index contributed by atoms with van der Waals surface area (Å²) >= 11 is 0. The Morgan fingerprint density at radius 3 is 2.68 bits per heavy atom. The van der Waals surface area contributed by atoms with E-state index in [1.165, 1.54) is 12.4 Å². The lowest BCUT2D eigenvalue weighted by molar-refractivity contribution is 0.476. The Hall–Kier alpha value is -3.39. The number of nitrogens with zero attached hydrogens (tertiary/aromatic N) is 3. The molecule has 142 valence electrons. The van der Waals surface area contributed by atoms with Gasteiger partial charge >= 0.3 is 0 Å². The highest BCUT2D eigenvalue weighted by Crippen LogP contribution is 2.39. The van der Waals surface area contributed by atoms with E-state index in [4.69, 9.17) is 0 Å². The molecule has 8 heteroatoms. The highest BCUT2D eigenvalue weighted by molar-refractivity contribution is 7.90. The van der Waals surface area contributed by atoms with E-state index in [0.717, 1.165) is 11.1 Å². The number of hydrogen-bond acceptors (Lipinski definition) is 5. The molecule has 0 unspecified atom stereocenters. The van der Waals surface area contributed by atoms with Crippen molar-refractivity contribution in [3.8, 4) is 5.75 Å². The average molecular weight is 394 g/mol. The molecule has 0 amide bonds. The maximum atomic E-state index is 12.7. The minimum absolute atomic E-state index is 0.0156. The number of phenolic OH excluding ortho intramolecular Hbond substituents is 1. The van der Waals surface area contributed by atoms with Crippen LogP contribution in [0.15, 0.2) is 76.9 Å². The van der Waals surface area contributed by atoms with Gasteiger partial charge in [-0.2, -0.15) is 0 Å². The maximum Gasteiger partial charge on any atom is 0.267 e. The van der Waals surface area contributed by atoms with Gasteiger partial charge in [0, 0.05) is 12.4 Å². The van der Waals surface area contributed by atoms with Gasteiger partial charge in [-0.25, -0.2) is 18.1 Å². The van der Waals surface area contributed by atoms with Crippen LogP contribution < -0.4 is 9.62 Å². The molecule has 2 N–H and O–H groups in total. The lowest BCUT2D eigenvalue weighted by atomic mass is 10.1. The Bertz CT molecular complexity index is 1160. The average Bonchev–Trinajstić information content (AvgIpc) is 2.69. The van der Waals surface area contributed by atoms with E-state index in [2.05, 4.69) is 14.7 Å². The molecule has 2 heterocycles. The molecule has 3 aromatic rings. The molecule has 1 aliphatic heterocycles. The number of anilines is 2. The first kappa shape index (κ1) is 18.0. The molecule has 0 fully saturated rings. The second kappa shape index (κ2) is 6.97. The minimum Gasteiger partial charge on any atom is -0.506 e. The largest absolute Gasteiger partial charge is 0.506 e. The zero-order valence-electron chi connectivity index (χ0n) is 15.1. The first-order valence-corrected chi connectivity index (χ1v) is 10.1. The first-order chi connectivity index (χ1) is 13.5. The van der Waals surface area contributed by atoms with Crippen LogP contribution in [0.2, 0.25) is 0 Å². The highest BCUT2D eigenvalue weighted by atomic mass is 32.2. The van der Waals surface area contributed by atoms with E-state index in [-0.39, 0.29) is 23.1 Å². The quantitative estimate of drug-likeness (QED) is 0.712. The van der Waals surface area contributed by atoms with E-state index >= 15 is 0 Å². The zero-order valence-corrected chi connectivity index (χ0v) is 15.9. The monoisotopic (exact) mass is 394 g/mol. The van der Waals surface area contributed by atoms with Gasteiger partial charge in [0.1, 0.15) is 10.6 Å². The number of nitrogens with one attached hydrogen (secondary N) is 1. The van der Waals surface area contributed by atoms with Crippen LogP contribution in [0.5, 0.6) is 5.75 Å². The molecule has 7 nitrogen and oxygen atoms in total. The molecule has 0 aliphatic carbocycles. The molecule has 2 aromatic carbocycles. The fourth-order valence-corrected chi connectivity index (χ4v) is 4.15. The fourth-order valence-electron chi connectivity index (χ4n) is 3.01. The summed E-state index contributed by atoms with van der Waals surface area (Å²) in [5.41, 5.74) is 2.66. The van der Waals surface area contributed by atoms with Gasteiger partial charge in [-0.1, -0.05) is 36.4 Å². The van der Waals surface area contributed by atoms with Gasteiger partial charge in [0.05, 0.1) is 17.9 Å². The second-order valence-corrected chi connectivity index (χ2v) is 8.05. The number of aromatic nitrogens is 1. The number of phenols is 1. The normalized spacial score (nSPS) is 16.5. The number of aromatic hydroxyl groups is 1. The Morgan fingerprint density at radius 2 is 1.89 bits per heavy atom. The fraction of sp³-hybridized carbons (Fsp3) is 0.100. The van der Waals surface area contributed by atoms with Crippen LogP contribution in [0.4, 0.5) is 11.4 Å². The van der Waals surface area contributed by atoms with Crippen molar-refractivity contribution < 1.29 is 13.5 Å². The van der Waals surface area contributed by atoms with E-state index in [9.17, 15) is 13.5 Å². The van der Waals surface area contributed by atoms with E-state index < -0.39 is 10.0 Å². The summed E-state index contributed by atoms with van der Waals surface area (Å²) in [4.78, 5) is 10.1. The molecule has 0 radical (unpaired) electrons. The first-order valence-electron chi connectivity index (χ1n) is 8.61. The standard InChI is InChI=1S/C20H18N4O3S/c1-14-7-8-18(25)17(11-14)24-16-9-10-21-13-19(16)28(26,27)23-20(24)22-12-15-5-3-2-4-6-15/h2-11,13,25H,12H2,1H3,(H,22,23). The molecule has 1 aromatic heterocycles. The SMILES string of the molecule is Cc1ccc(O)c(N2C(=NCc3ccccc3)NS(=O)(=O)c3cnccc32)c1. The van der Waals surface area contributed by atoms with Crippen LogP contribution in [-0.4, -0.2) is 24.5 Å². The van der Waals surface area contributed by atoms with Crippen molar-refractivity contribution in [2.45, 2.75) is 18.4 Å². The summed E-state index contributed by atoms with van der Waals surface area (Å²) in [6.45, 7) is 2.17. The Labute approximate surface area is 163 Å². The molecule has 0 bridgehead atoms. The number of aliphatic imine (C=N–C) groups is 1. The third kappa shape index (κ3) is 3.29. The van der Waals surface area contributed by atoms with Crippen molar-refractivity contribution in [2.75, 3.05) is 4.90 Å². The maximum absolute atomic E-state index is 12.7. The summed E-state index contributed by atoms with van der Waals surface area (Å²) in [7, 11) is -3.83. The molecular formula is C20H18N4O3S. The Morgan fingerprint density at radius 1 is 1.11 bits per heavy atom. The van der Waals surface area contributed by atoms with Crippen LogP contribution in [0.3, 0.4) is 0 Å². The van der Waals surface area contributed by atoms with E-state index in [1.807, 2.05) is 37.3 Å². The van der Waals surface area contributed by atoms with Gasteiger partial charge in [0.25, 0.3) is 10.0 Å². The van der Waals surface area contributed by atoms with Crippen molar-refractivity contribution in [3.05, 3.63) is 78.1 Å². The smallest absolute Gasteiger partial charge is 0.267 e. The molecule has 28 heavy (non-hydrogen) atoms. The molecule has 0 spiro atoms.